The van der Waals surface area contributed by atoms with E-state index in [4.69, 9.17) is 0 Å². The van der Waals surface area contributed by atoms with Crippen LogP contribution in [0.5, 0.6) is 0 Å². The van der Waals surface area contributed by atoms with Crippen molar-refractivity contribution in [2.45, 2.75) is 32.2 Å². The van der Waals surface area contributed by atoms with Gasteiger partial charge in [-0.05, 0) is 56.0 Å². The second kappa shape index (κ2) is 7.24. The molecule has 0 aromatic heterocycles. The lowest BCUT2D eigenvalue weighted by Gasteiger charge is -2.22. The monoisotopic (exact) mass is 264 g/mol. The molecule has 1 fully saturated rings. The molecule has 19 heavy (non-hydrogen) atoms. The molecule has 3 nitrogen and oxygen atoms in total. The van der Waals surface area contributed by atoms with Gasteiger partial charge in [0, 0.05) is 13.0 Å². The molecular weight excluding hydrogens is 243 g/mol. The Kier molecular flexibility index (Phi) is 5.33. The number of nitrogens with one attached hydrogen (secondary N) is 2. The Morgan fingerprint density at radius 1 is 1.47 bits per heavy atom. The minimum absolute atomic E-state index is 0.0508. The second-order valence-electron chi connectivity index (χ2n) is 5.16. The van der Waals surface area contributed by atoms with E-state index in [1.165, 1.54) is 25.0 Å². The van der Waals surface area contributed by atoms with E-state index in [2.05, 4.69) is 10.6 Å². The smallest absolute Gasteiger partial charge is 0.220 e. The quantitative estimate of drug-likeness (QED) is 0.856. The summed E-state index contributed by atoms with van der Waals surface area (Å²) in [6.07, 6.45) is 3.91. The summed E-state index contributed by atoms with van der Waals surface area (Å²) in [5, 5.41) is 6.19. The molecule has 0 spiro atoms. The molecule has 4 heteroatoms. The fourth-order valence-electron chi connectivity index (χ4n) is 2.44. The minimum Gasteiger partial charge on any atom is -0.352 e. The molecule has 0 radical (unpaired) electrons. The van der Waals surface area contributed by atoms with Crippen molar-refractivity contribution < 1.29 is 9.18 Å². The molecule has 1 saturated heterocycles. The van der Waals surface area contributed by atoms with Crippen LogP contribution in [0.4, 0.5) is 4.39 Å². The van der Waals surface area contributed by atoms with Crippen LogP contribution < -0.4 is 10.6 Å². The fraction of sp³-hybridized carbons (Fsp3) is 0.533. The first-order chi connectivity index (χ1) is 9.24. The first kappa shape index (κ1) is 14.0. The zero-order chi connectivity index (χ0) is 13.5. The summed E-state index contributed by atoms with van der Waals surface area (Å²) in [6.45, 7) is 2.53. The molecule has 1 heterocycles. The van der Waals surface area contributed by atoms with Crippen LogP contribution in [-0.2, 0) is 11.3 Å². The first-order valence-corrected chi connectivity index (χ1v) is 6.96. The molecule has 1 aromatic carbocycles. The van der Waals surface area contributed by atoms with Crippen molar-refractivity contribution in [3.63, 3.8) is 0 Å². The van der Waals surface area contributed by atoms with Gasteiger partial charge in [-0.25, -0.2) is 4.39 Å². The van der Waals surface area contributed by atoms with Gasteiger partial charge in [0.1, 0.15) is 5.82 Å². The molecule has 1 amide bonds. The third-order valence-electron chi connectivity index (χ3n) is 3.56. The Balaban J connectivity index is 1.66. The Morgan fingerprint density at radius 2 is 2.37 bits per heavy atom. The molecule has 1 unspecified atom stereocenters. The van der Waals surface area contributed by atoms with Crippen LogP contribution in [-0.4, -0.2) is 19.0 Å². The van der Waals surface area contributed by atoms with E-state index in [-0.39, 0.29) is 11.7 Å². The average molecular weight is 264 g/mol. The summed E-state index contributed by atoms with van der Waals surface area (Å²) in [7, 11) is 0. The van der Waals surface area contributed by atoms with E-state index in [0.717, 1.165) is 25.1 Å². The SMILES string of the molecule is O=C(CCC1CCCNC1)NCc1cccc(F)c1. The van der Waals surface area contributed by atoms with E-state index in [9.17, 15) is 9.18 Å². The van der Waals surface area contributed by atoms with Gasteiger partial charge in [-0.3, -0.25) is 4.79 Å². The van der Waals surface area contributed by atoms with Crippen molar-refractivity contribution in [3.8, 4) is 0 Å². The van der Waals surface area contributed by atoms with E-state index >= 15 is 0 Å². The first-order valence-electron chi connectivity index (χ1n) is 6.96. The maximum absolute atomic E-state index is 13.0. The Hall–Kier alpha value is -1.42. The highest BCUT2D eigenvalue weighted by Crippen LogP contribution is 2.15. The van der Waals surface area contributed by atoms with Gasteiger partial charge in [0.05, 0.1) is 0 Å². The molecule has 0 saturated carbocycles. The van der Waals surface area contributed by atoms with Gasteiger partial charge in [-0.2, -0.15) is 0 Å². The lowest BCUT2D eigenvalue weighted by molar-refractivity contribution is -0.121. The molecule has 2 rings (SSSR count). The van der Waals surface area contributed by atoms with Crippen molar-refractivity contribution in [2.24, 2.45) is 5.92 Å². The maximum Gasteiger partial charge on any atom is 0.220 e. The Labute approximate surface area is 113 Å². The molecule has 0 bridgehead atoms. The topological polar surface area (TPSA) is 41.1 Å². The summed E-state index contributed by atoms with van der Waals surface area (Å²) >= 11 is 0. The normalized spacial score (nSPS) is 19.1. The number of halogens is 1. The van der Waals surface area contributed by atoms with E-state index < -0.39 is 0 Å². The summed E-state index contributed by atoms with van der Waals surface area (Å²) in [6, 6.07) is 6.33. The van der Waals surface area contributed by atoms with Gasteiger partial charge >= 0.3 is 0 Å². The van der Waals surface area contributed by atoms with Crippen molar-refractivity contribution in [3.05, 3.63) is 35.6 Å². The van der Waals surface area contributed by atoms with Gasteiger partial charge in [-0.1, -0.05) is 12.1 Å². The summed E-state index contributed by atoms with van der Waals surface area (Å²) in [5.41, 5.74) is 0.799. The zero-order valence-electron chi connectivity index (χ0n) is 11.1. The minimum atomic E-state index is -0.264. The van der Waals surface area contributed by atoms with Gasteiger partial charge in [0.2, 0.25) is 5.91 Å². The Morgan fingerprint density at radius 3 is 3.11 bits per heavy atom. The fourth-order valence-corrected chi connectivity index (χ4v) is 2.44. The third kappa shape index (κ3) is 4.99. The Bertz CT molecular complexity index is 416. The van der Waals surface area contributed by atoms with Crippen molar-refractivity contribution >= 4 is 5.91 Å². The molecule has 0 aliphatic carbocycles. The van der Waals surface area contributed by atoms with Crippen LogP contribution in [0, 0.1) is 11.7 Å². The number of benzene rings is 1. The van der Waals surface area contributed by atoms with Crippen LogP contribution in [0.2, 0.25) is 0 Å². The van der Waals surface area contributed by atoms with Crippen LogP contribution >= 0.6 is 0 Å². The maximum atomic E-state index is 13.0. The number of amides is 1. The van der Waals surface area contributed by atoms with Crippen molar-refractivity contribution in [2.75, 3.05) is 13.1 Å². The van der Waals surface area contributed by atoms with Gasteiger partial charge in [0.25, 0.3) is 0 Å². The lowest BCUT2D eigenvalue weighted by Crippen LogP contribution is -2.31. The van der Waals surface area contributed by atoms with Gasteiger partial charge < -0.3 is 10.6 Å². The van der Waals surface area contributed by atoms with Crippen LogP contribution in [0.3, 0.4) is 0 Å². The summed E-state index contributed by atoms with van der Waals surface area (Å²) < 4.78 is 13.0. The molecule has 1 atom stereocenters. The summed E-state index contributed by atoms with van der Waals surface area (Å²) in [4.78, 5) is 11.7. The van der Waals surface area contributed by atoms with E-state index in [0.29, 0.717) is 18.9 Å². The van der Waals surface area contributed by atoms with Crippen LogP contribution in [0.25, 0.3) is 0 Å². The second-order valence-corrected chi connectivity index (χ2v) is 5.16. The lowest BCUT2D eigenvalue weighted by atomic mass is 9.94. The number of hydrogen-bond acceptors (Lipinski definition) is 2. The average Bonchev–Trinajstić information content (AvgIpc) is 2.44. The number of hydrogen-bond donors (Lipinski definition) is 2. The summed E-state index contributed by atoms with van der Waals surface area (Å²) in [5.74, 6) is 0.406. The van der Waals surface area contributed by atoms with E-state index in [1.807, 2.05) is 6.07 Å². The predicted octanol–water partition coefficient (Wildman–Crippen LogP) is 2.22. The number of rotatable bonds is 5. The predicted molar refractivity (Wildman–Crippen MR) is 73.1 cm³/mol. The van der Waals surface area contributed by atoms with E-state index in [1.54, 1.807) is 6.07 Å². The zero-order valence-corrected chi connectivity index (χ0v) is 11.1. The largest absolute Gasteiger partial charge is 0.352 e. The third-order valence-corrected chi connectivity index (χ3v) is 3.56. The number of carbonyl (C=O) groups is 1. The van der Waals surface area contributed by atoms with Gasteiger partial charge in [-0.15, -0.1) is 0 Å². The van der Waals surface area contributed by atoms with Gasteiger partial charge in [0.15, 0.2) is 0 Å². The molecule has 1 aromatic rings. The highest BCUT2D eigenvalue weighted by molar-refractivity contribution is 5.75. The van der Waals surface area contributed by atoms with Crippen LogP contribution in [0.1, 0.15) is 31.2 Å². The highest BCUT2D eigenvalue weighted by Gasteiger charge is 2.14. The standard InChI is InChI=1S/C15H21FN2O/c16-14-5-1-3-13(9-14)11-18-15(19)7-6-12-4-2-8-17-10-12/h1,3,5,9,12,17H,2,4,6-8,10-11H2,(H,18,19). The molecule has 2 N–H and O–H groups in total. The molecule has 1 aliphatic heterocycles. The molecular formula is C15H21FN2O. The number of piperidine rings is 1. The highest BCUT2D eigenvalue weighted by atomic mass is 19.1. The van der Waals surface area contributed by atoms with Crippen molar-refractivity contribution in [1.29, 1.82) is 0 Å². The molecule has 104 valence electrons. The van der Waals surface area contributed by atoms with Crippen LogP contribution in [0.15, 0.2) is 24.3 Å². The van der Waals surface area contributed by atoms with Crippen molar-refractivity contribution in [1.82, 2.24) is 10.6 Å². The number of carbonyl (C=O) groups excluding carboxylic acids is 1. The molecule has 1 aliphatic rings.